The van der Waals surface area contributed by atoms with Crippen molar-refractivity contribution in [1.82, 2.24) is 10.0 Å². The highest BCUT2D eigenvalue weighted by atomic mass is 79.9. The van der Waals surface area contributed by atoms with Crippen LogP contribution in [0.3, 0.4) is 0 Å². The number of nitrogens with one attached hydrogen (secondary N) is 3. The van der Waals surface area contributed by atoms with E-state index in [-0.39, 0.29) is 23.8 Å². The van der Waals surface area contributed by atoms with Crippen LogP contribution in [0.5, 0.6) is 0 Å². The lowest BCUT2D eigenvalue weighted by Gasteiger charge is -2.12. The van der Waals surface area contributed by atoms with Crippen molar-refractivity contribution in [2.24, 2.45) is 0 Å². The second-order valence-corrected chi connectivity index (χ2v) is 10.0. The van der Waals surface area contributed by atoms with Crippen molar-refractivity contribution >= 4 is 43.5 Å². The minimum absolute atomic E-state index is 0.0774. The zero-order valence-electron chi connectivity index (χ0n) is 18.0. The van der Waals surface area contributed by atoms with E-state index in [9.17, 15) is 18.0 Å². The van der Waals surface area contributed by atoms with Crippen LogP contribution < -0.4 is 15.4 Å². The first-order valence-electron chi connectivity index (χ1n) is 10.2. The summed E-state index contributed by atoms with van der Waals surface area (Å²) in [6.45, 7) is 2.28. The van der Waals surface area contributed by atoms with E-state index in [4.69, 9.17) is 0 Å². The minimum Gasteiger partial charge on any atom is -0.348 e. The molecule has 0 aliphatic heterocycles. The van der Waals surface area contributed by atoms with Crippen LogP contribution in [0.1, 0.15) is 27.9 Å². The van der Waals surface area contributed by atoms with Crippen LogP contribution in [0.25, 0.3) is 0 Å². The van der Waals surface area contributed by atoms with Gasteiger partial charge in [-0.05, 0) is 48.9 Å². The van der Waals surface area contributed by atoms with Crippen molar-refractivity contribution in [2.45, 2.75) is 24.8 Å². The molecule has 0 saturated heterocycles. The lowest BCUT2D eigenvalue weighted by molar-refractivity contribution is -0.116. The molecule has 33 heavy (non-hydrogen) atoms. The first-order chi connectivity index (χ1) is 15.7. The van der Waals surface area contributed by atoms with Gasteiger partial charge in [0.15, 0.2) is 0 Å². The lowest BCUT2D eigenvalue weighted by atomic mass is 10.1. The summed E-state index contributed by atoms with van der Waals surface area (Å²) in [7, 11) is -3.72. The van der Waals surface area contributed by atoms with E-state index in [2.05, 4.69) is 31.3 Å². The molecule has 0 aliphatic carbocycles. The number of carbonyl (C=O) groups is 2. The number of para-hydroxylation sites is 1. The van der Waals surface area contributed by atoms with Gasteiger partial charge in [0.1, 0.15) is 0 Å². The van der Waals surface area contributed by atoms with Crippen LogP contribution >= 0.6 is 15.9 Å². The van der Waals surface area contributed by atoms with E-state index in [1.807, 2.05) is 31.2 Å². The molecule has 0 atom stereocenters. The van der Waals surface area contributed by atoms with E-state index >= 15 is 0 Å². The SMILES string of the molecule is Cc1ccc(CNC(=O)c2ccccc2NC(=O)CCNS(=O)(=O)c2ccc(Br)cc2)cc1. The zero-order valence-corrected chi connectivity index (χ0v) is 20.4. The Kier molecular flexibility index (Phi) is 8.37. The monoisotopic (exact) mass is 529 g/mol. The van der Waals surface area contributed by atoms with Gasteiger partial charge in [0, 0.05) is 24.0 Å². The normalized spacial score (nSPS) is 11.1. The molecule has 0 saturated carbocycles. The predicted molar refractivity (Wildman–Crippen MR) is 131 cm³/mol. The van der Waals surface area contributed by atoms with Crippen LogP contribution in [0.2, 0.25) is 0 Å². The van der Waals surface area contributed by atoms with Gasteiger partial charge in [0.05, 0.1) is 16.1 Å². The number of sulfonamides is 1. The van der Waals surface area contributed by atoms with Gasteiger partial charge in [-0.2, -0.15) is 0 Å². The molecule has 0 aliphatic rings. The molecular weight excluding hydrogens is 506 g/mol. The number of benzene rings is 3. The van der Waals surface area contributed by atoms with Crippen LogP contribution in [0.15, 0.2) is 82.2 Å². The van der Waals surface area contributed by atoms with Crippen LogP contribution in [-0.4, -0.2) is 26.8 Å². The highest BCUT2D eigenvalue weighted by Gasteiger charge is 2.16. The molecule has 2 amide bonds. The molecule has 0 aromatic heterocycles. The van der Waals surface area contributed by atoms with E-state index in [0.717, 1.165) is 15.6 Å². The number of hydrogen-bond acceptors (Lipinski definition) is 4. The zero-order chi connectivity index (χ0) is 23.8. The average Bonchev–Trinajstić information content (AvgIpc) is 2.79. The van der Waals surface area contributed by atoms with Gasteiger partial charge in [-0.25, -0.2) is 13.1 Å². The summed E-state index contributed by atoms with van der Waals surface area (Å²) in [5, 5.41) is 5.54. The third-order valence-corrected chi connectivity index (χ3v) is 6.79. The fourth-order valence-electron chi connectivity index (χ4n) is 2.98. The fourth-order valence-corrected chi connectivity index (χ4v) is 4.28. The molecule has 0 heterocycles. The van der Waals surface area contributed by atoms with Crippen LogP contribution in [0, 0.1) is 6.92 Å². The van der Waals surface area contributed by atoms with Crippen molar-refractivity contribution in [2.75, 3.05) is 11.9 Å². The summed E-state index contributed by atoms with van der Waals surface area (Å²) < 4.78 is 27.8. The molecule has 172 valence electrons. The summed E-state index contributed by atoms with van der Waals surface area (Å²) in [6.07, 6.45) is -0.0882. The molecule has 3 aromatic rings. The van der Waals surface area contributed by atoms with Gasteiger partial charge >= 0.3 is 0 Å². The maximum Gasteiger partial charge on any atom is 0.253 e. The Hall–Kier alpha value is -3.01. The first-order valence-corrected chi connectivity index (χ1v) is 12.5. The molecule has 3 aromatic carbocycles. The summed E-state index contributed by atoms with van der Waals surface area (Å²) in [5.41, 5.74) is 2.79. The van der Waals surface area contributed by atoms with Gasteiger partial charge in [-0.3, -0.25) is 9.59 Å². The van der Waals surface area contributed by atoms with E-state index < -0.39 is 15.9 Å². The standard InChI is InChI=1S/C24H24BrN3O4S/c1-17-6-8-18(9-7-17)16-26-24(30)21-4-2-3-5-22(21)28-23(29)14-15-27-33(31,32)20-12-10-19(25)11-13-20/h2-13,27H,14-16H2,1H3,(H,26,30)(H,28,29). The van der Waals surface area contributed by atoms with E-state index in [0.29, 0.717) is 17.8 Å². The van der Waals surface area contributed by atoms with E-state index in [1.165, 1.54) is 12.1 Å². The van der Waals surface area contributed by atoms with Crippen molar-refractivity contribution in [1.29, 1.82) is 0 Å². The van der Waals surface area contributed by atoms with E-state index in [1.54, 1.807) is 36.4 Å². The molecule has 0 unspecified atom stereocenters. The Labute approximate surface area is 201 Å². The topological polar surface area (TPSA) is 104 Å². The summed E-state index contributed by atoms with van der Waals surface area (Å²) >= 11 is 3.26. The van der Waals surface area contributed by atoms with Crippen molar-refractivity contribution in [3.8, 4) is 0 Å². The predicted octanol–water partition coefficient (Wildman–Crippen LogP) is 3.99. The van der Waals surface area contributed by atoms with Crippen molar-refractivity contribution in [3.63, 3.8) is 0 Å². The van der Waals surface area contributed by atoms with Crippen LogP contribution in [0.4, 0.5) is 5.69 Å². The molecule has 3 N–H and O–H groups in total. The minimum atomic E-state index is -3.72. The van der Waals surface area contributed by atoms with Gasteiger partial charge in [0.25, 0.3) is 5.91 Å². The third kappa shape index (κ3) is 7.24. The number of anilines is 1. The smallest absolute Gasteiger partial charge is 0.253 e. The number of halogens is 1. The highest BCUT2D eigenvalue weighted by molar-refractivity contribution is 9.10. The largest absolute Gasteiger partial charge is 0.348 e. The second-order valence-electron chi connectivity index (χ2n) is 7.36. The number of aryl methyl sites for hydroxylation is 1. The lowest BCUT2D eigenvalue weighted by Crippen LogP contribution is -2.28. The Morgan fingerprint density at radius 1 is 0.909 bits per heavy atom. The number of hydrogen-bond donors (Lipinski definition) is 3. The van der Waals surface area contributed by atoms with Gasteiger partial charge in [-0.1, -0.05) is 57.9 Å². The molecule has 0 radical (unpaired) electrons. The molecule has 3 rings (SSSR count). The van der Waals surface area contributed by atoms with Crippen LogP contribution in [-0.2, 0) is 21.4 Å². The molecule has 0 spiro atoms. The average molecular weight is 530 g/mol. The van der Waals surface area contributed by atoms with Gasteiger partial charge in [-0.15, -0.1) is 0 Å². The second kappa shape index (κ2) is 11.2. The highest BCUT2D eigenvalue weighted by Crippen LogP contribution is 2.16. The van der Waals surface area contributed by atoms with Gasteiger partial charge < -0.3 is 10.6 Å². The molecule has 0 bridgehead atoms. The molecular formula is C24H24BrN3O4S. The molecule has 0 fully saturated rings. The Morgan fingerprint density at radius 3 is 2.27 bits per heavy atom. The maximum atomic E-state index is 12.7. The first kappa shape index (κ1) is 24.6. The quantitative estimate of drug-likeness (QED) is 0.389. The number of rotatable bonds is 9. The summed E-state index contributed by atoms with van der Waals surface area (Å²) in [4.78, 5) is 25.2. The summed E-state index contributed by atoms with van der Waals surface area (Å²) in [5.74, 6) is -0.727. The maximum absolute atomic E-state index is 12.7. The summed E-state index contributed by atoms with van der Waals surface area (Å²) in [6, 6.07) is 20.7. The number of amides is 2. The third-order valence-electron chi connectivity index (χ3n) is 4.79. The Balaban J connectivity index is 1.55. The fraction of sp³-hybridized carbons (Fsp3) is 0.167. The van der Waals surface area contributed by atoms with Crippen molar-refractivity contribution in [3.05, 3.63) is 94.0 Å². The number of carbonyl (C=O) groups excluding carboxylic acids is 2. The van der Waals surface area contributed by atoms with Gasteiger partial charge in [0.2, 0.25) is 15.9 Å². The Bertz CT molecular complexity index is 1230. The Morgan fingerprint density at radius 2 is 1.58 bits per heavy atom. The molecule has 7 nitrogen and oxygen atoms in total. The van der Waals surface area contributed by atoms with Crippen molar-refractivity contribution < 1.29 is 18.0 Å². The molecule has 9 heteroatoms.